The Morgan fingerprint density at radius 1 is 1.33 bits per heavy atom. The minimum Gasteiger partial charge on any atom is -0.494 e. The predicted molar refractivity (Wildman–Crippen MR) is 94.1 cm³/mol. The van der Waals surface area contributed by atoms with E-state index in [1.165, 1.54) is 0 Å². The highest BCUT2D eigenvalue weighted by molar-refractivity contribution is 5.97. The zero-order valence-electron chi connectivity index (χ0n) is 14.7. The molecular weight excluding hydrogens is 306 g/mol. The van der Waals surface area contributed by atoms with Crippen LogP contribution in [0.2, 0.25) is 0 Å². The Hall–Kier alpha value is -2.08. The quantitative estimate of drug-likeness (QED) is 0.788. The van der Waals surface area contributed by atoms with Crippen LogP contribution in [0.3, 0.4) is 0 Å². The summed E-state index contributed by atoms with van der Waals surface area (Å²) in [4.78, 5) is 28.3. The van der Waals surface area contributed by atoms with E-state index in [4.69, 9.17) is 4.74 Å². The van der Waals surface area contributed by atoms with Gasteiger partial charge in [0.25, 0.3) is 0 Å². The molecular formula is C18H27N3O3. The Morgan fingerprint density at radius 2 is 2.04 bits per heavy atom. The zero-order chi connectivity index (χ0) is 17.5. The number of ether oxygens (including phenoxy) is 1. The van der Waals surface area contributed by atoms with Gasteiger partial charge in [-0.2, -0.15) is 0 Å². The molecule has 1 fully saturated rings. The van der Waals surface area contributed by atoms with E-state index in [1.807, 2.05) is 45.3 Å². The number of carbonyl (C=O) groups is 2. The molecule has 1 aromatic carbocycles. The fourth-order valence-electron chi connectivity index (χ4n) is 2.79. The van der Waals surface area contributed by atoms with E-state index in [0.717, 1.165) is 24.4 Å². The molecule has 132 valence electrons. The number of likely N-dealkylation sites (tertiary alicyclic amines) is 1. The molecule has 24 heavy (non-hydrogen) atoms. The maximum Gasteiger partial charge on any atom is 0.229 e. The Morgan fingerprint density at radius 3 is 2.67 bits per heavy atom. The number of hydrogen-bond acceptors (Lipinski definition) is 4. The third-order valence-corrected chi connectivity index (χ3v) is 4.05. The van der Waals surface area contributed by atoms with Crippen molar-refractivity contribution >= 4 is 17.5 Å². The molecule has 0 aliphatic carbocycles. The first kappa shape index (κ1) is 18.3. The SMILES string of the molecule is CCOc1ccc(NC(=O)C2CC(=O)N(CCCN(C)C)C2)cc1. The lowest BCUT2D eigenvalue weighted by atomic mass is 10.1. The Bertz CT molecular complexity index is 557. The summed E-state index contributed by atoms with van der Waals surface area (Å²) < 4.78 is 5.38. The molecule has 1 atom stereocenters. The van der Waals surface area contributed by atoms with Gasteiger partial charge in [-0.15, -0.1) is 0 Å². The van der Waals surface area contributed by atoms with Gasteiger partial charge in [0.1, 0.15) is 5.75 Å². The van der Waals surface area contributed by atoms with Crippen molar-refractivity contribution in [3.05, 3.63) is 24.3 Å². The van der Waals surface area contributed by atoms with Crippen LogP contribution in [-0.4, -0.2) is 62.0 Å². The van der Waals surface area contributed by atoms with E-state index < -0.39 is 0 Å². The van der Waals surface area contributed by atoms with Gasteiger partial charge in [-0.25, -0.2) is 0 Å². The van der Waals surface area contributed by atoms with Crippen LogP contribution >= 0.6 is 0 Å². The second-order valence-electron chi connectivity index (χ2n) is 6.34. The highest BCUT2D eigenvalue weighted by Gasteiger charge is 2.33. The molecule has 1 unspecified atom stereocenters. The molecule has 0 spiro atoms. The number of nitrogens with one attached hydrogen (secondary N) is 1. The molecule has 0 saturated carbocycles. The van der Waals surface area contributed by atoms with Crippen molar-refractivity contribution in [2.75, 3.05) is 45.7 Å². The Balaban J connectivity index is 1.83. The average molecular weight is 333 g/mol. The van der Waals surface area contributed by atoms with Crippen molar-refractivity contribution in [3.8, 4) is 5.75 Å². The molecule has 0 radical (unpaired) electrons. The molecule has 0 aromatic heterocycles. The number of anilines is 1. The van der Waals surface area contributed by atoms with E-state index in [1.54, 1.807) is 4.90 Å². The fraction of sp³-hybridized carbons (Fsp3) is 0.556. The van der Waals surface area contributed by atoms with Gasteiger partial charge in [-0.3, -0.25) is 9.59 Å². The Kier molecular flexibility index (Phi) is 6.61. The van der Waals surface area contributed by atoms with Crippen LogP contribution in [0, 0.1) is 5.92 Å². The topological polar surface area (TPSA) is 61.9 Å². The van der Waals surface area contributed by atoms with Crippen molar-refractivity contribution in [1.82, 2.24) is 9.80 Å². The first-order chi connectivity index (χ1) is 11.5. The summed E-state index contributed by atoms with van der Waals surface area (Å²) in [5.74, 6) is 0.477. The van der Waals surface area contributed by atoms with Crippen molar-refractivity contribution in [2.24, 2.45) is 5.92 Å². The van der Waals surface area contributed by atoms with Crippen LogP contribution in [0.4, 0.5) is 5.69 Å². The number of hydrogen-bond donors (Lipinski definition) is 1. The van der Waals surface area contributed by atoms with Gasteiger partial charge in [0.15, 0.2) is 0 Å². The number of amides is 2. The third-order valence-electron chi connectivity index (χ3n) is 4.05. The first-order valence-electron chi connectivity index (χ1n) is 8.45. The summed E-state index contributed by atoms with van der Waals surface area (Å²) in [7, 11) is 4.03. The molecule has 2 rings (SSSR count). The largest absolute Gasteiger partial charge is 0.494 e. The molecule has 0 bridgehead atoms. The molecule has 1 heterocycles. The van der Waals surface area contributed by atoms with E-state index in [9.17, 15) is 9.59 Å². The lowest BCUT2D eigenvalue weighted by Crippen LogP contribution is -2.30. The van der Waals surface area contributed by atoms with Crippen molar-refractivity contribution in [1.29, 1.82) is 0 Å². The van der Waals surface area contributed by atoms with E-state index in [0.29, 0.717) is 26.1 Å². The van der Waals surface area contributed by atoms with Gasteiger partial charge >= 0.3 is 0 Å². The van der Waals surface area contributed by atoms with Crippen LogP contribution in [0.15, 0.2) is 24.3 Å². The molecule has 2 amide bonds. The van der Waals surface area contributed by atoms with Crippen LogP contribution in [0.1, 0.15) is 19.8 Å². The van der Waals surface area contributed by atoms with E-state index in [2.05, 4.69) is 10.2 Å². The molecule has 6 heteroatoms. The minimum atomic E-state index is -0.275. The number of carbonyl (C=O) groups excluding carboxylic acids is 2. The summed E-state index contributed by atoms with van der Waals surface area (Å²) in [6, 6.07) is 7.28. The van der Waals surface area contributed by atoms with Gasteiger partial charge in [0.05, 0.1) is 12.5 Å². The summed E-state index contributed by atoms with van der Waals surface area (Å²) in [5, 5.41) is 2.89. The summed E-state index contributed by atoms with van der Waals surface area (Å²) in [6.07, 6.45) is 1.22. The summed E-state index contributed by atoms with van der Waals surface area (Å²) in [5.41, 5.74) is 0.724. The minimum absolute atomic E-state index is 0.0700. The van der Waals surface area contributed by atoms with Gasteiger partial charge in [0.2, 0.25) is 11.8 Å². The first-order valence-corrected chi connectivity index (χ1v) is 8.45. The highest BCUT2D eigenvalue weighted by Crippen LogP contribution is 2.21. The number of nitrogens with zero attached hydrogens (tertiary/aromatic N) is 2. The van der Waals surface area contributed by atoms with Crippen LogP contribution in [-0.2, 0) is 9.59 Å². The normalized spacial score (nSPS) is 17.4. The molecule has 6 nitrogen and oxygen atoms in total. The predicted octanol–water partition coefficient (Wildman–Crippen LogP) is 1.82. The fourth-order valence-corrected chi connectivity index (χ4v) is 2.79. The van der Waals surface area contributed by atoms with Crippen LogP contribution in [0.5, 0.6) is 5.75 Å². The van der Waals surface area contributed by atoms with Crippen molar-refractivity contribution in [3.63, 3.8) is 0 Å². The van der Waals surface area contributed by atoms with E-state index in [-0.39, 0.29) is 17.7 Å². The molecule has 1 aromatic rings. The average Bonchev–Trinajstić information content (AvgIpc) is 2.90. The Labute approximate surface area is 143 Å². The second kappa shape index (κ2) is 8.68. The molecule has 1 saturated heterocycles. The smallest absolute Gasteiger partial charge is 0.229 e. The third kappa shape index (κ3) is 5.23. The lowest BCUT2D eigenvalue weighted by Gasteiger charge is -2.18. The second-order valence-corrected chi connectivity index (χ2v) is 6.34. The van der Waals surface area contributed by atoms with Gasteiger partial charge in [0, 0.05) is 25.2 Å². The maximum absolute atomic E-state index is 12.4. The molecule has 1 N–H and O–H groups in total. The summed E-state index contributed by atoms with van der Waals surface area (Å²) in [6.45, 7) is 4.70. The van der Waals surface area contributed by atoms with E-state index >= 15 is 0 Å². The van der Waals surface area contributed by atoms with Gasteiger partial charge in [-0.05, 0) is 58.3 Å². The monoisotopic (exact) mass is 333 g/mol. The number of rotatable bonds is 8. The molecule has 1 aliphatic rings. The standard InChI is InChI=1S/C18H27N3O3/c1-4-24-16-8-6-15(7-9-16)19-18(23)14-12-17(22)21(13-14)11-5-10-20(2)3/h6-9,14H,4-5,10-13H2,1-3H3,(H,19,23). The lowest BCUT2D eigenvalue weighted by molar-refractivity contribution is -0.128. The van der Waals surface area contributed by atoms with Crippen molar-refractivity contribution in [2.45, 2.75) is 19.8 Å². The van der Waals surface area contributed by atoms with Gasteiger partial charge < -0.3 is 19.9 Å². The molecule has 1 aliphatic heterocycles. The highest BCUT2D eigenvalue weighted by atomic mass is 16.5. The number of benzene rings is 1. The van der Waals surface area contributed by atoms with Gasteiger partial charge in [-0.1, -0.05) is 0 Å². The maximum atomic E-state index is 12.4. The van der Waals surface area contributed by atoms with Crippen molar-refractivity contribution < 1.29 is 14.3 Å². The summed E-state index contributed by atoms with van der Waals surface area (Å²) >= 11 is 0. The zero-order valence-corrected chi connectivity index (χ0v) is 14.7. The van der Waals surface area contributed by atoms with Crippen LogP contribution in [0.25, 0.3) is 0 Å². The van der Waals surface area contributed by atoms with Crippen LogP contribution < -0.4 is 10.1 Å².